The van der Waals surface area contributed by atoms with Gasteiger partial charge in [0.2, 0.25) is 0 Å². The van der Waals surface area contributed by atoms with Crippen LogP contribution in [0.15, 0.2) is 18.7 Å². The minimum absolute atomic E-state index is 0. The van der Waals surface area contributed by atoms with Crippen LogP contribution in [0.4, 0.5) is 17.6 Å². The van der Waals surface area contributed by atoms with Crippen molar-refractivity contribution in [3.63, 3.8) is 0 Å². The monoisotopic (exact) mass is 360 g/mol. The van der Waals surface area contributed by atoms with Crippen molar-refractivity contribution in [1.82, 2.24) is 10.2 Å². The Kier molecular flexibility index (Phi) is 9.00. The van der Waals surface area contributed by atoms with E-state index in [0.717, 1.165) is 0 Å². The van der Waals surface area contributed by atoms with E-state index < -0.39 is 34.9 Å². The first-order valence-electron chi connectivity index (χ1n) is 6.44. The van der Waals surface area contributed by atoms with Crippen LogP contribution < -0.4 is 5.32 Å². The van der Waals surface area contributed by atoms with Gasteiger partial charge in [-0.25, -0.2) is 17.6 Å². The molecule has 0 spiro atoms. The van der Waals surface area contributed by atoms with Gasteiger partial charge in [0.1, 0.15) is 0 Å². The summed E-state index contributed by atoms with van der Waals surface area (Å²) in [6.45, 7) is 5.98. The lowest BCUT2D eigenvalue weighted by atomic mass is 9.99. The summed E-state index contributed by atoms with van der Waals surface area (Å²) >= 11 is 0. The molecule has 1 aliphatic rings. The summed E-state index contributed by atoms with van der Waals surface area (Å²) in [6.07, 6.45) is 1.71. The summed E-state index contributed by atoms with van der Waals surface area (Å²) in [7, 11) is 0. The standard InChI is InChI=1S/C14H16F4N2.2ClH/c1-2-3-11(20-6-4-19-5-7-20)12-13(17)9(15)8-10(16)14(12)18;;/h2,8,11,19H,1,3-7H2;2*1H/t11-;;/m1../s1. The van der Waals surface area contributed by atoms with Gasteiger partial charge in [-0.15, -0.1) is 31.4 Å². The average molecular weight is 361 g/mol. The number of nitrogens with one attached hydrogen (secondary N) is 1. The Balaban J connectivity index is 0.00000220. The Hall–Kier alpha value is -0.820. The van der Waals surface area contributed by atoms with Crippen molar-refractivity contribution in [3.05, 3.63) is 47.6 Å². The molecule has 1 aliphatic heterocycles. The van der Waals surface area contributed by atoms with E-state index in [9.17, 15) is 17.6 Å². The molecule has 1 N–H and O–H groups in total. The number of hydrogen-bond donors (Lipinski definition) is 1. The average Bonchev–Trinajstić information content (AvgIpc) is 2.45. The maximum absolute atomic E-state index is 13.9. The number of nitrogens with zero attached hydrogens (tertiary/aromatic N) is 1. The maximum atomic E-state index is 13.9. The van der Waals surface area contributed by atoms with Gasteiger partial charge in [0.15, 0.2) is 23.3 Å². The number of piperazine rings is 1. The molecule has 0 amide bonds. The van der Waals surface area contributed by atoms with Crippen molar-refractivity contribution in [2.75, 3.05) is 26.2 Å². The molecule has 2 rings (SSSR count). The maximum Gasteiger partial charge on any atom is 0.166 e. The summed E-state index contributed by atoms with van der Waals surface area (Å²) in [4.78, 5) is 1.80. The smallest absolute Gasteiger partial charge is 0.166 e. The van der Waals surface area contributed by atoms with Gasteiger partial charge in [0.05, 0.1) is 0 Å². The molecule has 0 bridgehead atoms. The molecule has 2 nitrogen and oxygen atoms in total. The van der Waals surface area contributed by atoms with Gasteiger partial charge in [-0.2, -0.15) is 0 Å². The Morgan fingerprint density at radius 1 is 1.09 bits per heavy atom. The van der Waals surface area contributed by atoms with E-state index in [0.29, 0.717) is 26.2 Å². The van der Waals surface area contributed by atoms with E-state index >= 15 is 0 Å². The van der Waals surface area contributed by atoms with Gasteiger partial charge in [0.25, 0.3) is 0 Å². The van der Waals surface area contributed by atoms with E-state index in [1.54, 1.807) is 4.90 Å². The second-order valence-electron chi connectivity index (χ2n) is 4.71. The van der Waals surface area contributed by atoms with Crippen LogP contribution in [0.1, 0.15) is 18.0 Å². The first-order chi connectivity index (χ1) is 9.56. The van der Waals surface area contributed by atoms with E-state index in [2.05, 4.69) is 11.9 Å². The predicted molar refractivity (Wildman–Crippen MR) is 82.8 cm³/mol. The highest BCUT2D eigenvalue weighted by atomic mass is 35.5. The number of benzene rings is 1. The third-order valence-electron chi connectivity index (χ3n) is 3.46. The topological polar surface area (TPSA) is 15.3 Å². The summed E-state index contributed by atoms with van der Waals surface area (Å²) in [5.41, 5.74) is -0.552. The zero-order valence-corrected chi connectivity index (χ0v) is 13.4. The van der Waals surface area contributed by atoms with Crippen molar-refractivity contribution in [1.29, 1.82) is 0 Å². The molecule has 1 saturated heterocycles. The fourth-order valence-corrected chi connectivity index (χ4v) is 2.49. The normalized spacial score (nSPS) is 16.4. The van der Waals surface area contributed by atoms with Gasteiger partial charge in [-0.1, -0.05) is 6.08 Å². The lowest BCUT2D eigenvalue weighted by Crippen LogP contribution is -2.45. The zero-order valence-electron chi connectivity index (χ0n) is 11.8. The first kappa shape index (κ1) is 21.2. The summed E-state index contributed by atoms with van der Waals surface area (Å²) < 4.78 is 54.5. The van der Waals surface area contributed by atoms with Crippen molar-refractivity contribution in [2.45, 2.75) is 12.5 Å². The van der Waals surface area contributed by atoms with Gasteiger partial charge < -0.3 is 5.32 Å². The molecular formula is C14H18Cl2F4N2. The van der Waals surface area contributed by atoms with Gasteiger partial charge in [0, 0.05) is 43.9 Å². The van der Waals surface area contributed by atoms with E-state index in [4.69, 9.17) is 0 Å². The zero-order chi connectivity index (χ0) is 14.7. The van der Waals surface area contributed by atoms with Gasteiger partial charge >= 0.3 is 0 Å². The summed E-state index contributed by atoms with van der Waals surface area (Å²) in [6, 6.07) is -0.517. The predicted octanol–water partition coefficient (Wildman–Crippen LogP) is 3.61. The molecule has 0 aliphatic carbocycles. The highest BCUT2D eigenvalue weighted by Crippen LogP contribution is 2.32. The molecule has 126 valence electrons. The Labute approximate surface area is 139 Å². The molecule has 8 heteroatoms. The molecule has 22 heavy (non-hydrogen) atoms. The lowest BCUT2D eigenvalue weighted by Gasteiger charge is -2.35. The Morgan fingerprint density at radius 3 is 2.05 bits per heavy atom. The summed E-state index contributed by atoms with van der Waals surface area (Å²) in [5.74, 6) is -5.39. The van der Waals surface area contributed by atoms with Crippen molar-refractivity contribution >= 4 is 24.8 Å². The Morgan fingerprint density at radius 2 is 1.59 bits per heavy atom. The highest BCUT2D eigenvalue weighted by molar-refractivity contribution is 5.85. The Bertz CT molecular complexity index is 482. The minimum atomic E-state index is -1.37. The van der Waals surface area contributed by atoms with Crippen LogP contribution in [0.25, 0.3) is 0 Å². The SMILES string of the molecule is C=CC[C@H](c1c(F)c(F)cc(F)c1F)N1CCNCC1.Cl.Cl. The van der Waals surface area contributed by atoms with Crippen LogP contribution in [0.2, 0.25) is 0 Å². The van der Waals surface area contributed by atoms with Gasteiger partial charge in [-0.05, 0) is 6.42 Å². The number of halogens is 6. The van der Waals surface area contributed by atoms with Crippen LogP contribution in [-0.4, -0.2) is 31.1 Å². The van der Waals surface area contributed by atoms with E-state index in [1.807, 2.05) is 0 Å². The van der Waals surface area contributed by atoms with Crippen molar-refractivity contribution in [3.8, 4) is 0 Å². The molecule has 0 unspecified atom stereocenters. The van der Waals surface area contributed by atoms with Crippen LogP contribution in [0.5, 0.6) is 0 Å². The van der Waals surface area contributed by atoms with Crippen LogP contribution in [0.3, 0.4) is 0 Å². The van der Waals surface area contributed by atoms with Crippen molar-refractivity contribution in [2.24, 2.45) is 0 Å². The van der Waals surface area contributed by atoms with Crippen LogP contribution in [-0.2, 0) is 0 Å². The van der Waals surface area contributed by atoms with Crippen molar-refractivity contribution < 1.29 is 17.6 Å². The number of hydrogen-bond acceptors (Lipinski definition) is 2. The third-order valence-corrected chi connectivity index (χ3v) is 3.46. The molecule has 1 aromatic rings. The molecule has 0 radical (unpaired) electrons. The third kappa shape index (κ3) is 4.35. The first-order valence-corrected chi connectivity index (χ1v) is 6.44. The molecule has 0 aromatic heterocycles. The van der Waals surface area contributed by atoms with Gasteiger partial charge in [-0.3, -0.25) is 4.90 Å². The van der Waals surface area contributed by atoms with E-state index in [1.165, 1.54) is 6.08 Å². The molecule has 0 saturated carbocycles. The quantitative estimate of drug-likeness (QED) is 0.501. The molecule has 1 aromatic carbocycles. The fraction of sp³-hybridized carbons (Fsp3) is 0.429. The summed E-state index contributed by atoms with van der Waals surface area (Å²) in [5, 5.41) is 3.11. The fourth-order valence-electron chi connectivity index (χ4n) is 2.49. The van der Waals surface area contributed by atoms with Crippen LogP contribution in [0, 0.1) is 23.3 Å². The second-order valence-corrected chi connectivity index (χ2v) is 4.71. The molecule has 1 heterocycles. The molecular weight excluding hydrogens is 343 g/mol. The number of rotatable bonds is 4. The second kappa shape index (κ2) is 9.35. The highest BCUT2D eigenvalue weighted by Gasteiger charge is 2.30. The molecule has 1 atom stereocenters. The molecule has 1 fully saturated rings. The van der Waals surface area contributed by atoms with Crippen LogP contribution >= 0.6 is 24.8 Å². The minimum Gasteiger partial charge on any atom is -0.314 e. The van der Waals surface area contributed by atoms with E-state index in [-0.39, 0.29) is 37.3 Å². The largest absolute Gasteiger partial charge is 0.314 e. The lowest BCUT2D eigenvalue weighted by molar-refractivity contribution is 0.166.